The number of amides is 2. The molecular formula is C34H39N5O3. The number of hydrogen-bond acceptors (Lipinski definition) is 5. The molecule has 1 aliphatic carbocycles. The zero-order valence-electron chi connectivity index (χ0n) is 24.7. The van der Waals surface area contributed by atoms with Gasteiger partial charge in [0.2, 0.25) is 0 Å². The van der Waals surface area contributed by atoms with E-state index in [0.717, 1.165) is 34.7 Å². The molecule has 1 aliphatic rings. The number of anilines is 1. The zero-order chi connectivity index (χ0) is 29.7. The number of nitrogens with zero attached hydrogens (tertiary/aromatic N) is 3. The van der Waals surface area contributed by atoms with Gasteiger partial charge in [-0.1, -0.05) is 60.7 Å². The average molecular weight is 566 g/mol. The van der Waals surface area contributed by atoms with Gasteiger partial charge in [-0.25, -0.2) is 9.48 Å². The Balaban J connectivity index is 1.48. The van der Waals surface area contributed by atoms with Crippen LogP contribution in [0.3, 0.4) is 0 Å². The summed E-state index contributed by atoms with van der Waals surface area (Å²) in [5.41, 5.74) is 3.98. The second kappa shape index (κ2) is 12.6. The first-order chi connectivity index (χ1) is 20.2. The molecule has 218 valence electrons. The second-order valence-corrected chi connectivity index (χ2v) is 11.8. The van der Waals surface area contributed by atoms with E-state index in [1.165, 1.54) is 12.8 Å². The molecule has 1 heterocycles. The molecule has 0 bridgehead atoms. The number of carbonyl (C=O) groups is 2. The van der Waals surface area contributed by atoms with Crippen molar-refractivity contribution in [3.05, 3.63) is 114 Å². The van der Waals surface area contributed by atoms with Crippen molar-refractivity contribution >= 4 is 17.7 Å². The molecule has 3 aromatic carbocycles. The molecule has 0 radical (unpaired) electrons. The van der Waals surface area contributed by atoms with Gasteiger partial charge in [-0.2, -0.15) is 5.10 Å². The minimum absolute atomic E-state index is 0.170. The summed E-state index contributed by atoms with van der Waals surface area (Å²) in [4.78, 5) is 28.7. The van der Waals surface area contributed by atoms with Crippen molar-refractivity contribution in [2.24, 2.45) is 5.92 Å². The number of alkyl carbamates (subject to hydrolysis) is 1. The summed E-state index contributed by atoms with van der Waals surface area (Å²) in [6.45, 7) is 8.48. The van der Waals surface area contributed by atoms with Gasteiger partial charge in [-0.3, -0.25) is 15.0 Å². The van der Waals surface area contributed by atoms with Crippen LogP contribution in [0, 0.1) is 12.8 Å². The van der Waals surface area contributed by atoms with Gasteiger partial charge in [-0.15, -0.1) is 0 Å². The van der Waals surface area contributed by atoms with E-state index in [1.807, 2.05) is 111 Å². The van der Waals surface area contributed by atoms with E-state index in [2.05, 4.69) is 22.8 Å². The van der Waals surface area contributed by atoms with Crippen LogP contribution in [0.1, 0.15) is 67.1 Å². The summed E-state index contributed by atoms with van der Waals surface area (Å²) in [5, 5.41) is 11.2. The molecule has 2 amide bonds. The molecule has 0 spiro atoms. The predicted molar refractivity (Wildman–Crippen MR) is 165 cm³/mol. The van der Waals surface area contributed by atoms with Gasteiger partial charge in [0, 0.05) is 18.8 Å². The van der Waals surface area contributed by atoms with Gasteiger partial charge in [-0.05, 0) is 87.9 Å². The highest BCUT2D eigenvalue weighted by molar-refractivity contribution is 6.06. The molecule has 4 aromatic rings. The van der Waals surface area contributed by atoms with Crippen LogP contribution in [0.5, 0.6) is 0 Å². The lowest BCUT2D eigenvalue weighted by Crippen LogP contribution is -2.44. The molecule has 2 N–H and O–H groups in total. The number of para-hydroxylation sites is 1. The van der Waals surface area contributed by atoms with Gasteiger partial charge in [0.1, 0.15) is 17.5 Å². The summed E-state index contributed by atoms with van der Waals surface area (Å²) in [6, 6.07) is 29.3. The average Bonchev–Trinajstić information content (AvgIpc) is 3.72. The lowest BCUT2D eigenvalue weighted by molar-refractivity contribution is 0.0523. The monoisotopic (exact) mass is 565 g/mol. The molecule has 8 nitrogen and oxygen atoms in total. The van der Waals surface area contributed by atoms with Crippen molar-refractivity contribution in [3.8, 4) is 5.69 Å². The third kappa shape index (κ3) is 7.44. The fraction of sp³-hybridized carbons (Fsp3) is 0.324. The molecule has 42 heavy (non-hydrogen) atoms. The van der Waals surface area contributed by atoms with Crippen LogP contribution >= 0.6 is 0 Å². The Morgan fingerprint density at radius 3 is 2.33 bits per heavy atom. The lowest BCUT2D eigenvalue weighted by Gasteiger charge is -2.33. The number of rotatable bonds is 10. The molecule has 1 atom stereocenters. The van der Waals surface area contributed by atoms with E-state index in [0.29, 0.717) is 11.6 Å². The smallest absolute Gasteiger partial charge is 0.407 e. The van der Waals surface area contributed by atoms with Crippen molar-refractivity contribution in [2.75, 3.05) is 11.4 Å². The summed E-state index contributed by atoms with van der Waals surface area (Å²) >= 11 is 0. The first-order valence-corrected chi connectivity index (χ1v) is 14.5. The molecule has 1 fully saturated rings. The molecule has 0 aliphatic heterocycles. The van der Waals surface area contributed by atoms with E-state index < -0.39 is 11.7 Å². The van der Waals surface area contributed by atoms with Crippen molar-refractivity contribution in [1.82, 2.24) is 20.4 Å². The van der Waals surface area contributed by atoms with Crippen LogP contribution in [0.4, 0.5) is 10.5 Å². The van der Waals surface area contributed by atoms with Crippen LogP contribution in [-0.2, 0) is 11.3 Å². The topological polar surface area (TPSA) is 88.5 Å². The first-order valence-electron chi connectivity index (χ1n) is 14.5. The highest BCUT2D eigenvalue weighted by Crippen LogP contribution is 2.32. The minimum atomic E-state index is -0.580. The molecular weight excluding hydrogens is 526 g/mol. The number of hydrogen-bond donors (Lipinski definition) is 2. The highest BCUT2D eigenvalue weighted by Gasteiger charge is 2.32. The van der Waals surface area contributed by atoms with Gasteiger partial charge in [0.05, 0.1) is 11.4 Å². The number of nitrogens with one attached hydrogen (secondary N) is 2. The van der Waals surface area contributed by atoms with Crippen LogP contribution in [0.15, 0.2) is 91.0 Å². The number of carbonyl (C=O) groups excluding carboxylic acids is 2. The van der Waals surface area contributed by atoms with E-state index in [9.17, 15) is 9.59 Å². The Morgan fingerprint density at radius 1 is 0.976 bits per heavy atom. The third-order valence-electron chi connectivity index (χ3n) is 6.96. The van der Waals surface area contributed by atoms with Gasteiger partial charge >= 0.3 is 6.09 Å². The normalized spacial score (nSPS) is 13.8. The Labute approximate surface area is 247 Å². The Kier molecular flexibility index (Phi) is 8.73. The quantitative estimate of drug-likeness (QED) is 0.213. The Bertz CT molecular complexity index is 1510. The zero-order valence-corrected chi connectivity index (χ0v) is 24.7. The third-order valence-corrected chi connectivity index (χ3v) is 6.96. The summed E-state index contributed by atoms with van der Waals surface area (Å²) < 4.78 is 7.06. The SMILES string of the molecule is Cc1cc(C(=O)N(c2ccccc2)C(NCC2CC2)c2ccccc2)n(-c2cccc(CNC(=O)OC(C)(C)C)c2)n1. The maximum Gasteiger partial charge on any atom is 0.407 e. The van der Waals surface area contributed by atoms with Crippen LogP contribution < -0.4 is 15.5 Å². The summed E-state index contributed by atoms with van der Waals surface area (Å²) in [7, 11) is 0. The predicted octanol–water partition coefficient (Wildman–Crippen LogP) is 6.55. The van der Waals surface area contributed by atoms with E-state index in [-0.39, 0.29) is 18.6 Å². The summed E-state index contributed by atoms with van der Waals surface area (Å²) in [6.07, 6.45) is 1.56. The first kappa shape index (κ1) is 29.1. The summed E-state index contributed by atoms with van der Waals surface area (Å²) in [5.74, 6) is 0.463. The Hall–Kier alpha value is -4.43. The van der Waals surface area contributed by atoms with Gasteiger partial charge in [0.25, 0.3) is 5.91 Å². The van der Waals surface area contributed by atoms with E-state index in [1.54, 1.807) is 4.68 Å². The molecule has 1 saturated carbocycles. The fourth-order valence-corrected chi connectivity index (χ4v) is 4.82. The lowest BCUT2D eigenvalue weighted by atomic mass is 10.1. The number of aromatic nitrogens is 2. The molecule has 8 heteroatoms. The molecule has 0 saturated heterocycles. The number of aryl methyl sites for hydroxylation is 1. The van der Waals surface area contributed by atoms with Gasteiger partial charge < -0.3 is 10.1 Å². The van der Waals surface area contributed by atoms with E-state index in [4.69, 9.17) is 9.84 Å². The second-order valence-electron chi connectivity index (χ2n) is 11.8. The fourth-order valence-electron chi connectivity index (χ4n) is 4.82. The standard InChI is InChI=1S/C34H39N5O3/c1-24-20-30(39(37-24)29-17-11-12-26(21-29)23-36-33(41)42-34(2,3)4)32(40)38(28-15-9-6-10-16-28)31(35-22-25-18-19-25)27-13-7-5-8-14-27/h5-17,20-21,25,31,35H,18-19,22-23H2,1-4H3,(H,36,41). The molecule has 1 aromatic heterocycles. The minimum Gasteiger partial charge on any atom is -0.444 e. The van der Waals surface area contributed by atoms with Crippen molar-refractivity contribution in [3.63, 3.8) is 0 Å². The largest absolute Gasteiger partial charge is 0.444 e. The van der Waals surface area contributed by atoms with E-state index >= 15 is 0 Å². The van der Waals surface area contributed by atoms with Crippen molar-refractivity contribution in [2.45, 2.75) is 58.8 Å². The van der Waals surface area contributed by atoms with Crippen LogP contribution in [-0.4, -0.2) is 33.9 Å². The Morgan fingerprint density at radius 2 is 1.67 bits per heavy atom. The highest BCUT2D eigenvalue weighted by atomic mass is 16.6. The van der Waals surface area contributed by atoms with Gasteiger partial charge in [0.15, 0.2) is 0 Å². The maximum atomic E-state index is 14.6. The number of benzene rings is 3. The molecule has 1 unspecified atom stereocenters. The van der Waals surface area contributed by atoms with Crippen molar-refractivity contribution < 1.29 is 14.3 Å². The van der Waals surface area contributed by atoms with Crippen LogP contribution in [0.25, 0.3) is 5.69 Å². The molecule has 5 rings (SSSR count). The van der Waals surface area contributed by atoms with Crippen LogP contribution in [0.2, 0.25) is 0 Å². The van der Waals surface area contributed by atoms with Crippen molar-refractivity contribution in [1.29, 1.82) is 0 Å². The maximum absolute atomic E-state index is 14.6. The number of ether oxygens (including phenoxy) is 1.